The maximum Gasteiger partial charge on any atom is 0.319 e. The first-order valence-electron chi connectivity index (χ1n) is 7.34. The molecule has 1 saturated carbocycles. The number of amides is 2. The van der Waals surface area contributed by atoms with Crippen LogP contribution in [0.25, 0.3) is 0 Å². The first-order valence-corrected chi connectivity index (χ1v) is 7.34. The largest absolute Gasteiger partial charge is 0.497 e. The number of carbonyl (C=O) groups excluding carboxylic acids is 1. The topological polar surface area (TPSA) is 76.1 Å². The Morgan fingerprint density at radius 2 is 2.04 bits per heavy atom. The number of nitrogens with one attached hydrogen (secondary N) is 2. The summed E-state index contributed by atoms with van der Waals surface area (Å²) in [6, 6.07) is 3.88. The number of hydrogen-bond acceptors (Lipinski definition) is 4. The van der Waals surface area contributed by atoms with E-state index in [1.807, 2.05) is 0 Å². The molecule has 6 nitrogen and oxygen atoms in total. The van der Waals surface area contributed by atoms with Gasteiger partial charge in [0.1, 0.15) is 17.4 Å². The van der Waals surface area contributed by atoms with Gasteiger partial charge in [0.2, 0.25) is 0 Å². The Bertz CT molecular complexity index is 702. The van der Waals surface area contributed by atoms with Gasteiger partial charge < -0.3 is 15.4 Å². The van der Waals surface area contributed by atoms with Crippen LogP contribution in [0.5, 0.6) is 5.75 Å². The molecule has 0 saturated heterocycles. The SMILES string of the molecule is COc1cc(F)cc(CNC(=O)Nc2cnc(C3CC3)nc2)c1. The van der Waals surface area contributed by atoms with Crippen molar-refractivity contribution in [1.82, 2.24) is 15.3 Å². The fraction of sp³-hybridized carbons (Fsp3) is 0.312. The molecule has 0 aliphatic heterocycles. The third-order valence-corrected chi connectivity index (χ3v) is 3.49. The lowest BCUT2D eigenvalue weighted by Gasteiger charge is -2.09. The van der Waals surface area contributed by atoms with E-state index in [9.17, 15) is 9.18 Å². The Balaban J connectivity index is 1.53. The van der Waals surface area contributed by atoms with Gasteiger partial charge in [0, 0.05) is 18.5 Å². The molecule has 2 N–H and O–H groups in total. The van der Waals surface area contributed by atoms with Crippen LogP contribution < -0.4 is 15.4 Å². The second kappa shape index (κ2) is 6.60. The Hall–Kier alpha value is -2.70. The van der Waals surface area contributed by atoms with Gasteiger partial charge in [-0.1, -0.05) is 0 Å². The molecule has 1 aromatic carbocycles. The molecule has 1 fully saturated rings. The van der Waals surface area contributed by atoms with Crippen LogP contribution in [0.2, 0.25) is 0 Å². The highest BCUT2D eigenvalue weighted by Crippen LogP contribution is 2.37. The number of carbonyl (C=O) groups is 1. The standard InChI is InChI=1S/C16H17FN4O2/c1-23-14-5-10(4-12(17)6-14)7-20-16(22)21-13-8-18-15(19-9-13)11-2-3-11/h4-6,8-9,11H,2-3,7H2,1H3,(H2,20,21,22). The van der Waals surface area contributed by atoms with Gasteiger partial charge in [0.15, 0.2) is 0 Å². The summed E-state index contributed by atoms with van der Waals surface area (Å²) in [5, 5.41) is 5.29. The minimum atomic E-state index is -0.411. The maximum absolute atomic E-state index is 13.4. The number of aromatic nitrogens is 2. The number of urea groups is 1. The van der Waals surface area contributed by atoms with Crippen molar-refractivity contribution in [1.29, 1.82) is 0 Å². The van der Waals surface area contributed by atoms with Crippen LogP contribution in [-0.4, -0.2) is 23.1 Å². The molecule has 0 atom stereocenters. The number of halogens is 1. The summed E-state index contributed by atoms with van der Waals surface area (Å²) in [7, 11) is 1.46. The average Bonchev–Trinajstić information content (AvgIpc) is 3.38. The zero-order valence-electron chi connectivity index (χ0n) is 12.7. The normalized spacial score (nSPS) is 13.5. The molecule has 1 heterocycles. The van der Waals surface area contributed by atoms with E-state index in [2.05, 4.69) is 20.6 Å². The summed E-state index contributed by atoms with van der Waals surface area (Å²) >= 11 is 0. The lowest BCUT2D eigenvalue weighted by molar-refractivity contribution is 0.251. The molecule has 1 aliphatic rings. The van der Waals surface area contributed by atoms with Crippen molar-refractivity contribution in [3.63, 3.8) is 0 Å². The Kier molecular flexibility index (Phi) is 4.36. The molecule has 1 aromatic heterocycles. The van der Waals surface area contributed by atoms with Gasteiger partial charge >= 0.3 is 6.03 Å². The summed E-state index contributed by atoms with van der Waals surface area (Å²) < 4.78 is 18.4. The number of benzene rings is 1. The van der Waals surface area contributed by atoms with E-state index >= 15 is 0 Å². The van der Waals surface area contributed by atoms with E-state index in [0.717, 1.165) is 18.7 Å². The minimum absolute atomic E-state index is 0.182. The minimum Gasteiger partial charge on any atom is -0.497 e. The highest BCUT2D eigenvalue weighted by molar-refractivity contribution is 5.88. The molecule has 0 radical (unpaired) electrons. The molecule has 23 heavy (non-hydrogen) atoms. The first kappa shape index (κ1) is 15.2. The van der Waals surface area contributed by atoms with Crippen molar-refractivity contribution < 1.29 is 13.9 Å². The molecule has 0 unspecified atom stereocenters. The van der Waals surface area contributed by atoms with Crippen molar-refractivity contribution in [3.05, 3.63) is 47.8 Å². The number of nitrogens with zero attached hydrogens (tertiary/aromatic N) is 2. The smallest absolute Gasteiger partial charge is 0.319 e. The zero-order valence-corrected chi connectivity index (χ0v) is 12.7. The van der Waals surface area contributed by atoms with Gasteiger partial charge in [-0.25, -0.2) is 19.2 Å². The lowest BCUT2D eigenvalue weighted by Crippen LogP contribution is -2.28. The monoisotopic (exact) mass is 316 g/mol. The molecule has 7 heteroatoms. The summed E-state index contributed by atoms with van der Waals surface area (Å²) in [4.78, 5) is 20.3. The number of anilines is 1. The van der Waals surface area contributed by atoms with Crippen LogP contribution in [0.3, 0.4) is 0 Å². The van der Waals surface area contributed by atoms with Gasteiger partial charge in [-0.05, 0) is 30.5 Å². The molecule has 2 amide bonds. The fourth-order valence-electron chi connectivity index (χ4n) is 2.15. The van der Waals surface area contributed by atoms with Crippen LogP contribution in [-0.2, 0) is 6.54 Å². The Morgan fingerprint density at radius 3 is 2.70 bits per heavy atom. The molecule has 2 aromatic rings. The van der Waals surface area contributed by atoms with Crippen LogP contribution >= 0.6 is 0 Å². The number of methoxy groups -OCH3 is 1. The molecule has 3 rings (SSSR count). The van der Waals surface area contributed by atoms with Gasteiger partial charge in [0.25, 0.3) is 0 Å². The van der Waals surface area contributed by atoms with Crippen LogP contribution in [0.15, 0.2) is 30.6 Å². The quantitative estimate of drug-likeness (QED) is 0.889. The molecule has 0 bridgehead atoms. The maximum atomic E-state index is 13.4. The van der Waals surface area contributed by atoms with Crippen molar-refractivity contribution in [2.45, 2.75) is 25.3 Å². The molecule has 0 spiro atoms. The van der Waals surface area contributed by atoms with Gasteiger partial charge in [-0.3, -0.25) is 0 Å². The van der Waals surface area contributed by atoms with Crippen LogP contribution in [0.1, 0.15) is 30.1 Å². The third-order valence-electron chi connectivity index (χ3n) is 3.49. The Morgan fingerprint density at radius 1 is 1.30 bits per heavy atom. The second-order valence-electron chi connectivity index (χ2n) is 5.41. The third kappa shape index (κ3) is 4.15. The van der Waals surface area contributed by atoms with E-state index in [4.69, 9.17) is 4.74 Å². The van der Waals surface area contributed by atoms with Gasteiger partial charge in [0.05, 0.1) is 25.2 Å². The molecule has 120 valence electrons. The average molecular weight is 316 g/mol. The van der Waals surface area contributed by atoms with Crippen molar-refractivity contribution in [3.8, 4) is 5.75 Å². The van der Waals surface area contributed by atoms with Crippen molar-refractivity contribution >= 4 is 11.7 Å². The predicted molar refractivity (Wildman–Crippen MR) is 82.8 cm³/mol. The summed E-state index contributed by atoms with van der Waals surface area (Å²) in [5.74, 6) is 1.29. The summed E-state index contributed by atoms with van der Waals surface area (Å²) in [6.07, 6.45) is 5.44. The second-order valence-corrected chi connectivity index (χ2v) is 5.41. The van der Waals surface area contributed by atoms with E-state index < -0.39 is 11.8 Å². The fourth-order valence-corrected chi connectivity index (χ4v) is 2.15. The summed E-state index contributed by atoms with van der Waals surface area (Å²) in [5.41, 5.74) is 1.13. The van der Waals surface area contributed by atoms with Gasteiger partial charge in [-0.15, -0.1) is 0 Å². The highest BCUT2D eigenvalue weighted by Gasteiger charge is 2.26. The highest BCUT2D eigenvalue weighted by atomic mass is 19.1. The van der Waals surface area contributed by atoms with E-state index in [0.29, 0.717) is 22.9 Å². The number of ether oxygens (including phenoxy) is 1. The zero-order chi connectivity index (χ0) is 16.2. The van der Waals surface area contributed by atoms with Crippen LogP contribution in [0.4, 0.5) is 14.9 Å². The van der Waals surface area contributed by atoms with E-state index in [1.165, 1.54) is 19.2 Å². The van der Waals surface area contributed by atoms with E-state index in [-0.39, 0.29) is 6.54 Å². The van der Waals surface area contributed by atoms with Crippen molar-refractivity contribution in [2.75, 3.05) is 12.4 Å². The summed E-state index contributed by atoms with van der Waals surface area (Å²) in [6.45, 7) is 0.182. The predicted octanol–water partition coefficient (Wildman–Crippen LogP) is 2.82. The van der Waals surface area contributed by atoms with E-state index in [1.54, 1.807) is 18.5 Å². The Labute approximate surface area is 133 Å². The molecular formula is C16H17FN4O2. The number of hydrogen-bond donors (Lipinski definition) is 2. The first-order chi connectivity index (χ1) is 11.1. The molecular weight excluding hydrogens is 299 g/mol. The van der Waals surface area contributed by atoms with Gasteiger partial charge in [-0.2, -0.15) is 0 Å². The lowest BCUT2D eigenvalue weighted by atomic mass is 10.2. The van der Waals surface area contributed by atoms with Crippen molar-refractivity contribution in [2.24, 2.45) is 0 Å². The number of rotatable bonds is 5. The molecule has 1 aliphatic carbocycles. The van der Waals surface area contributed by atoms with Crippen LogP contribution in [0, 0.1) is 5.82 Å².